The van der Waals surface area contributed by atoms with Crippen LogP contribution in [0.2, 0.25) is 0 Å². The molecule has 0 heterocycles. The van der Waals surface area contributed by atoms with Crippen LogP contribution in [0.15, 0.2) is 0 Å². The molecule has 0 aromatic heterocycles. The summed E-state index contributed by atoms with van der Waals surface area (Å²) in [7, 11) is 0. The van der Waals surface area contributed by atoms with Gasteiger partial charge in [0, 0.05) is 50.4 Å². The Bertz CT molecular complexity index is 1420. The standard InChI is InChI=1S/C62H117N3O11S/c1-4-7-10-13-16-19-22-25-28-31-34-37-40-43-57(68)63-56(61(72)64-54(46-48-66)60(71)65-55(47-49-67)62(73)74)52-77-51-53(76-59(70)45-42-39-36-33-30-27-24-21-18-15-12-9-6-3)50-75-58(69)44-41-38-35-32-29-26-23-20-17-14-11-8-5-2/h53-56,66-67H,4-52H2,1-3H3,(H,63,68)(H,64,72)(H,65,71)(H,73,74). The lowest BCUT2D eigenvalue weighted by atomic mass is 10.0. The van der Waals surface area contributed by atoms with E-state index in [1.165, 1.54) is 185 Å². The molecule has 0 spiro atoms. The van der Waals surface area contributed by atoms with Crippen LogP contribution in [0.1, 0.15) is 303 Å². The molecule has 0 bridgehead atoms. The fraction of sp³-hybridized carbons (Fsp3) is 0.903. The van der Waals surface area contributed by atoms with Gasteiger partial charge in [-0.1, -0.05) is 252 Å². The number of rotatable bonds is 59. The summed E-state index contributed by atoms with van der Waals surface area (Å²) in [5.41, 5.74) is 0. The minimum absolute atomic E-state index is 0.0196. The number of thioether (sulfide) groups is 1. The molecule has 15 heteroatoms. The first kappa shape index (κ1) is 74.1. The Hall–Kier alpha value is -2.91. The zero-order chi connectivity index (χ0) is 56.7. The summed E-state index contributed by atoms with van der Waals surface area (Å²) in [4.78, 5) is 78.5. The van der Waals surface area contributed by atoms with Gasteiger partial charge in [-0.15, -0.1) is 0 Å². The number of nitrogens with one attached hydrogen (secondary N) is 3. The van der Waals surface area contributed by atoms with E-state index in [0.29, 0.717) is 12.8 Å². The number of ether oxygens (including phenoxy) is 2. The van der Waals surface area contributed by atoms with Gasteiger partial charge in [-0.3, -0.25) is 24.0 Å². The van der Waals surface area contributed by atoms with E-state index in [-0.39, 0.29) is 68.1 Å². The van der Waals surface area contributed by atoms with Crippen molar-refractivity contribution >= 4 is 47.4 Å². The molecular formula is C62H117N3O11S. The third kappa shape index (κ3) is 48.7. The fourth-order valence-corrected chi connectivity index (χ4v) is 10.6. The van der Waals surface area contributed by atoms with E-state index in [0.717, 1.165) is 64.2 Å². The van der Waals surface area contributed by atoms with E-state index in [2.05, 4.69) is 36.7 Å². The molecule has 4 unspecified atom stereocenters. The number of carbonyl (C=O) groups excluding carboxylic acids is 5. The average Bonchev–Trinajstić information content (AvgIpc) is 3.41. The van der Waals surface area contributed by atoms with E-state index >= 15 is 0 Å². The highest BCUT2D eigenvalue weighted by Crippen LogP contribution is 2.18. The zero-order valence-electron chi connectivity index (χ0n) is 49.5. The van der Waals surface area contributed by atoms with Crippen LogP contribution >= 0.6 is 11.8 Å². The second-order valence-corrected chi connectivity index (χ2v) is 23.0. The largest absolute Gasteiger partial charge is 0.480 e. The molecule has 0 aromatic carbocycles. The molecule has 3 amide bonds. The number of carboxylic acid groups (broad SMARTS) is 1. The number of unbranched alkanes of at least 4 members (excludes halogenated alkanes) is 36. The molecule has 0 saturated carbocycles. The number of amides is 3. The predicted octanol–water partition coefficient (Wildman–Crippen LogP) is 13.9. The third-order valence-corrected chi connectivity index (χ3v) is 15.7. The minimum atomic E-state index is -1.41. The van der Waals surface area contributed by atoms with Gasteiger partial charge in [-0.2, -0.15) is 11.8 Å². The van der Waals surface area contributed by atoms with Gasteiger partial charge in [0.05, 0.1) is 0 Å². The molecule has 0 fully saturated rings. The maximum absolute atomic E-state index is 13.9. The van der Waals surface area contributed by atoms with Gasteiger partial charge in [0.25, 0.3) is 0 Å². The summed E-state index contributed by atoms with van der Waals surface area (Å²) in [5.74, 6) is -3.82. The van der Waals surface area contributed by atoms with Crippen molar-refractivity contribution in [3.8, 4) is 0 Å². The van der Waals surface area contributed by atoms with Crippen LogP contribution in [-0.2, 0) is 38.2 Å². The second-order valence-electron chi connectivity index (χ2n) is 21.9. The number of carbonyl (C=O) groups is 6. The SMILES string of the molecule is CCCCCCCCCCCCCCCC(=O)NC(CSCC(COC(=O)CCCCCCCCCCCCCCC)OC(=O)CCCCCCCCCCCCCCC)C(=O)NC(CCO)C(=O)NC(CCO)C(=O)O. The topological polar surface area (TPSA) is 218 Å². The van der Waals surface area contributed by atoms with Gasteiger partial charge in [-0.05, 0) is 25.7 Å². The maximum Gasteiger partial charge on any atom is 0.326 e. The lowest BCUT2D eigenvalue weighted by molar-refractivity contribution is -0.157. The summed E-state index contributed by atoms with van der Waals surface area (Å²) < 4.78 is 11.6. The molecule has 452 valence electrons. The minimum Gasteiger partial charge on any atom is -0.480 e. The van der Waals surface area contributed by atoms with Crippen molar-refractivity contribution < 1.29 is 53.6 Å². The lowest BCUT2D eigenvalue weighted by Crippen LogP contribution is -2.56. The normalized spacial score (nSPS) is 12.9. The second kappa shape index (κ2) is 56.4. The molecule has 0 aliphatic heterocycles. The van der Waals surface area contributed by atoms with Gasteiger partial charge in [0.2, 0.25) is 17.7 Å². The fourth-order valence-electron chi connectivity index (χ4n) is 9.59. The van der Waals surface area contributed by atoms with Crippen LogP contribution in [0.4, 0.5) is 0 Å². The van der Waals surface area contributed by atoms with E-state index in [1.807, 2.05) is 0 Å². The van der Waals surface area contributed by atoms with Crippen molar-refractivity contribution in [2.24, 2.45) is 0 Å². The molecular weight excluding hydrogens is 995 g/mol. The molecule has 77 heavy (non-hydrogen) atoms. The Morgan fingerprint density at radius 1 is 0.390 bits per heavy atom. The van der Waals surface area contributed by atoms with Crippen LogP contribution in [0.5, 0.6) is 0 Å². The Labute approximate surface area is 473 Å². The van der Waals surface area contributed by atoms with Crippen molar-refractivity contribution in [3.05, 3.63) is 0 Å². The van der Waals surface area contributed by atoms with E-state index in [9.17, 15) is 44.1 Å². The number of hydrogen-bond donors (Lipinski definition) is 6. The summed E-state index contributed by atoms with van der Waals surface area (Å²) in [6.45, 7) is 5.59. The summed E-state index contributed by atoms with van der Waals surface area (Å²) in [6, 6.07) is -3.88. The van der Waals surface area contributed by atoms with Gasteiger partial charge in [0.15, 0.2) is 0 Å². The molecule has 4 atom stereocenters. The molecule has 0 rings (SSSR count). The zero-order valence-corrected chi connectivity index (χ0v) is 50.3. The van der Waals surface area contributed by atoms with Crippen molar-refractivity contribution in [1.29, 1.82) is 0 Å². The summed E-state index contributed by atoms with van der Waals surface area (Å²) >= 11 is 1.24. The van der Waals surface area contributed by atoms with Gasteiger partial charge >= 0.3 is 17.9 Å². The Morgan fingerprint density at radius 2 is 0.714 bits per heavy atom. The molecule has 0 radical (unpaired) electrons. The number of esters is 2. The Morgan fingerprint density at radius 3 is 1.09 bits per heavy atom. The van der Waals surface area contributed by atoms with Crippen molar-refractivity contribution in [2.75, 3.05) is 31.3 Å². The van der Waals surface area contributed by atoms with Gasteiger partial charge < -0.3 is 40.7 Å². The van der Waals surface area contributed by atoms with E-state index in [4.69, 9.17) is 9.47 Å². The molecule has 14 nitrogen and oxygen atoms in total. The predicted molar refractivity (Wildman–Crippen MR) is 316 cm³/mol. The van der Waals surface area contributed by atoms with Crippen molar-refractivity contribution in [3.63, 3.8) is 0 Å². The number of aliphatic hydroxyl groups is 2. The first-order valence-corrected chi connectivity index (χ1v) is 33.0. The number of carboxylic acids is 1. The number of aliphatic hydroxyl groups excluding tert-OH is 2. The smallest absolute Gasteiger partial charge is 0.326 e. The average molecular weight is 1110 g/mol. The van der Waals surface area contributed by atoms with Crippen molar-refractivity contribution in [2.45, 2.75) is 328 Å². The number of hydrogen-bond acceptors (Lipinski definition) is 11. The monoisotopic (exact) mass is 1110 g/mol. The van der Waals surface area contributed by atoms with Crippen molar-refractivity contribution in [1.82, 2.24) is 16.0 Å². The van der Waals surface area contributed by atoms with Crippen LogP contribution in [0, 0.1) is 0 Å². The van der Waals surface area contributed by atoms with Gasteiger partial charge in [-0.25, -0.2) is 4.79 Å². The first-order chi connectivity index (χ1) is 37.5. The van der Waals surface area contributed by atoms with Crippen LogP contribution in [-0.4, -0.2) is 107 Å². The highest BCUT2D eigenvalue weighted by molar-refractivity contribution is 7.99. The highest BCUT2D eigenvalue weighted by atomic mass is 32.2. The van der Waals surface area contributed by atoms with E-state index < -0.39 is 55.2 Å². The number of aliphatic carboxylic acids is 1. The molecule has 0 aromatic rings. The Balaban J connectivity index is 5.59. The molecule has 0 saturated heterocycles. The summed E-state index contributed by atoms with van der Waals surface area (Å²) in [5, 5.41) is 36.5. The molecule has 0 aliphatic carbocycles. The quantitative estimate of drug-likeness (QED) is 0.0248. The van der Waals surface area contributed by atoms with Crippen LogP contribution in [0.3, 0.4) is 0 Å². The van der Waals surface area contributed by atoms with E-state index in [1.54, 1.807) is 0 Å². The van der Waals surface area contributed by atoms with Crippen LogP contribution in [0.25, 0.3) is 0 Å². The molecule has 6 N–H and O–H groups in total. The highest BCUT2D eigenvalue weighted by Gasteiger charge is 2.30. The summed E-state index contributed by atoms with van der Waals surface area (Å²) in [6.07, 6.45) is 45.5. The molecule has 0 aliphatic rings. The lowest BCUT2D eigenvalue weighted by Gasteiger charge is -2.24. The first-order valence-electron chi connectivity index (χ1n) is 31.8. The maximum atomic E-state index is 13.9. The van der Waals surface area contributed by atoms with Gasteiger partial charge in [0.1, 0.15) is 30.8 Å². The van der Waals surface area contributed by atoms with Crippen LogP contribution < -0.4 is 16.0 Å². The third-order valence-electron chi connectivity index (χ3n) is 14.5. The Kier molecular flexibility index (Phi) is 54.2.